The highest BCUT2D eigenvalue weighted by molar-refractivity contribution is 7.18. The summed E-state index contributed by atoms with van der Waals surface area (Å²) in [6.07, 6.45) is 0.933. The number of rotatable bonds is 6. The lowest BCUT2D eigenvalue weighted by atomic mass is 10.0. The fraction of sp³-hybridized carbons (Fsp3) is 0.240. The second-order valence-corrected chi connectivity index (χ2v) is 8.81. The van der Waals surface area contributed by atoms with E-state index in [0.717, 1.165) is 22.4 Å². The fourth-order valence-electron chi connectivity index (χ4n) is 3.54. The van der Waals surface area contributed by atoms with Gasteiger partial charge >= 0.3 is 0 Å². The molecular formula is C25H23FN2O2S. The zero-order valence-electron chi connectivity index (χ0n) is 17.7. The molecule has 4 nitrogen and oxygen atoms in total. The maximum atomic E-state index is 14.3. The predicted octanol–water partition coefficient (Wildman–Crippen LogP) is 5.25. The summed E-state index contributed by atoms with van der Waals surface area (Å²) in [5.74, 6) is -0.138. The van der Waals surface area contributed by atoms with E-state index in [1.807, 2.05) is 39.0 Å². The van der Waals surface area contributed by atoms with E-state index >= 15 is 0 Å². The number of nitrogens with zero attached hydrogens (tertiary/aromatic N) is 2. The van der Waals surface area contributed by atoms with Gasteiger partial charge in [0.1, 0.15) is 16.5 Å². The van der Waals surface area contributed by atoms with Crippen LogP contribution >= 0.6 is 11.3 Å². The third-order valence-corrected chi connectivity index (χ3v) is 6.74. The Morgan fingerprint density at radius 3 is 2.58 bits per heavy atom. The Balaban J connectivity index is 1.81. The summed E-state index contributed by atoms with van der Waals surface area (Å²) in [7, 11) is 0. The van der Waals surface area contributed by atoms with E-state index in [1.54, 1.807) is 24.3 Å². The van der Waals surface area contributed by atoms with Crippen LogP contribution in [0.25, 0.3) is 10.2 Å². The van der Waals surface area contributed by atoms with Crippen LogP contribution in [0.3, 0.4) is 0 Å². The van der Waals surface area contributed by atoms with E-state index < -0.39 is 0 Å². The molecule has 0 saturated heterocycles. The molecule has 0 spiro atoms. The van der Waals surface area contributed by atoms with Gasteiger partial charge in [-0.2, -0.15) is 0 Å². The molecule has 4 aromatic rings. The van der Waals surface area contributed by atoms with E-state index in [2.05, 4.69) is 4.98 Å². The topological polar surface area (TPSA) is 52.0 Å². The first-order chi connectivity index (χ1) is 14.9. The number of hydrogen-bond donors (Lipinski definition) is 0. The highest BCUT2D eigenvalue weighted by Gasteiger charge is 2.18. The van der Waals surface area contributed by atoms with Gasteiger partial charge in [-0.05, 0) is 55.2 Å². The summed E-state index contributed by atoms with van der Waals surface area (Å²) in [4.78, 5) is 32.7. The number of aromatic nitrogens is 2. The fourth-order valence-corrected chi connectivity index (χ4v) is 4.52. The van der Waals surface area contributed by atoms with Crippen LogP contribution in [0.4, 0.5) is 4.39 Å². The lowest BCUT2D eigenvalue weighted by molar-refractivity contribution is 0.0969. The molecule has 2 aromatic carbocycles. The number of thiophene rings is 1. The molecule has 0 atom stereocenters. The van der Waals surface area contributed by atoms with Crippen LogP contribution in [0, 0.1) is 19.7 Å². The van der Waals surface area contributed by atoms with Gasteiger partial charge in [0.05, 0.1) is 11.9 Å². The molecule has 2 heterocycles. The number of halogens is 1. The van der Waals surface area contributed by atoms with Crippen LogP contribution in [0.1, 0.15) is 44.7 Å². The van der Waals surface area contributed by atoms with Crippen molar-refractivity contribution in [3.8, 4) is 0 Å². The Morgan fingerprint density at radius 1 is 1.10 bits per heavy atom. The average molecular weight is 435 g/mol. The van der Waals surface area contributed by atoms with Gasteiger partial charge in [0.25, 0.3) is 5.56 Å². The van der Waals surface area contributed by atoms with Gasteiger partial charge in [0.2, 0.25) is 0 Å². The van der Waals surface area contributed by atoms with Crippen LogP contribution in [-0.2, 0) is 19.4 Å². The first-order valence-electron chi connectivity index (χ1n) is 10.2. The maximum absolute atomic E-state index is 14.3. The number of benzene rings is 2. The van der Waals surface area contributed by atoms with Gasteiger partial charge in [0.15, 0.2) is 5.78 Å². The van der Waals surface area contributed by atoms with Crippen LogP contribution < -0.4 is 5.56 Å². The Labute approximate surface area is 184 Å². The third kappa shape index (κ3) is 4.21. The smallest absolute Gasteiger partial charge is 0.262 e. The molecule has 31 heavy (non-hydrogen) atoms. The molecule has 0 aliphatic rings. The minimum absolute atomic E-state index is 0.134. The second-order valence-electron chi connectivity index (χ2n) is 7.69. The molecule has 0 radical (unpaired) electrons. The molecule has 2 aromatic heterocycles. The van der Waals surface area contributed by atoms with Gasteiger partial charge in [-0.3, -0.25) is 14.2 Å². The Morgan fingerprint density at radius 2 is 1.87 bits per heavy atom. The van der Waals surface area contributed by atoms with E-state index in [4.69, 9.17) is 0 Å². The number of Topliss-reactive ketones (excluding diaryl/α,β-unsaturated/α-hetero) is 1. The molecular weight excluding hydrogens is 411 g/mol. The summed E-state index contributed by atoms with van der Waals surface area (Å²) < 4.78 is 15.7. The van der Waals surface area contributed by atoms with E-state index in [0.29, 0.717) is 27.2 Å². The second kappa shape index (κ2) is 8.55. The molecule has 0 amide bonds. The van der Waals surface area contributed by atoms with Crippen molar-refractivity contribution in [1.29, 1.82) is 0 Å². The van der Waals surface area contributed by atoms with Gasteiger partial charge in [0, 0.05) is 16.9 Å². The van der Waals surface area contributed by atoms with Crippen molar-refractivity contribution in [2.75, 3.05) is 0 Å². The summed E-state index contributed by atoms with van der Waals surface area (Å²) >= 11 is 1.46. The minimum Gasteiger partial charge on any atom is -0.292 e. The van der Waals surface area contributed by atoms with Crippen LogP contribution in [0.2, 0.25) is 0 Å². The van der Waals surface area contributed by atoms with Crippen molar-refractivity contribution in [2.24, 2.45) is 0 Å². The lowest BCUT2D eigenvalue weighted by Gasteiger charge is -2.13. The number of aryl methyl sites for hydroxylation is 3. The monoisotopic (exact) mass is 434 g/mol. The molecule has 0 unspecified atom stereocenters. The summed E-state index contributed by atoms with van der Waals surface area (Å²) in [5, 5.41) is 0.507. The largest absolute Gasteiger partial charge is 0.292 e. The van der Waals surface area contributed by atoms with Crippen molar-refractivity contribution in [3.05, 3.63) is 97.7 Å². The molecule has 0 aliphatic carbocycles. The highest BCUT2D eigenvalue weighted by atomic mass is 32.1. The van der Waals surface area contributed by atoms with Gasteiger partial charge in [-0.1, -0.05) is 37.3 Å². The third-order valence-electron chi connectivity index (χ3n) is 5.57. The zero-order valence-corrected chi connectivity index (χ0v) is 18.6. The van der Waals surface area contributed by atoms with E-state index in [9.17, 15) is 14.0 Å². The van der Waals surface area contributed by atoms with E-state index in [-0.39, 0.29) is 30.1 Å². The van der Waals surface area contributed by atoms with Crippen molar-refractivity contribution < 1.29 is 9.18 Å². The number of ketones is 1. The molecule has 0 fully saturated rings. The minimum atomic E-state index is -0.357. The molecule has 158 valence electrons. The van der Waals surface area contributed by atoms with Gasteiger partial charge in [-0.25, -0.2) is 9.37 Å². The molecule has 4 rings (SSSR count). The van der Waals surface area contributed by atoms with Crippen LogP contribution in [0.15, 0.2) is 53.3 Å². The zero-order chi connectivity index (χ0) is 22.1. The van der Waals surface area contributed by atoms with Crippen molar-refractivity contribution in [2.45, 2.75) is 40.2 Å². The SMILES string of the molecule is CCc1cc2c(=O)n(CC(=O)c3ccc(C)c(C)c3)c(Cc3ccccc3F)nc2s1. The normalized spacial score (nSPS) is 11.2. The molecule has 0 N–H and O–H groups in total. The van der Waals surface area contributed by atoms with Crippen LogP contribution in [0.5, 0.6) is 0 Å². The van der Waals surface area contributed by atoms with Gasteiger partial charge in [-0.15, -0.1) is 11.3 Å². The number of fused-ring (bicyclic) bond motifs is 1. The number of hydrogen-bond acceptors (Lipinski definition) is 4. The highest BCUT2D eigenvalue weighted by Crippen LogP contribution is 2.23. The molecule has 6 heteroatoms. The molecule has 0 bridgehead atoms. The average Bonchev–Trinajstić information content (AvgIpc) is 3.18. The Bertz CT molecular complexity index is 1350. The summed E-state index contributed by atoms with van der Waals surface area (Å²) in [6.45, 7) is 5.82. The first kappa shape index (κ1) is 21.1. The maximum Gasteiger partial charge on any atom is 0.262 e. The van der Waals surface area contributed by atoms with Gasteiger partial charge < -0.3 is 0 Å². The summed E-state index contributed by atoms with van der Waals surface area (Å²) in [6, 6.07) is 13.8. The molecule has 0 saturated carbocycles. The van der Waals surface area contributed by atoms with Crippen LogP contribution in [-0.4, -0.2) is 15.3 Å². The van der Waals surface area contributed by atoms with Crippen molar-refractivity contribution in [3.63, 3.8) is 0 Å². The number of carbonyl (C=O) groups excluding carboxylic acids is 1. The standard InChI is InChI=1S/C25H23FN2O2S/c1-4-19-13-20-24(31-19)27-23(12-17-7-5-6-8-21(17)26)28(25(20)30)14-22(29)18-10-9-15(2)16(3)11-18/h5-11,13H,4,12,14H2,1-3H3. The quantitative estimate of drug-likeness (QED) is 0.390. The lowest BCUT2D eigenvalue weighted by Crippen LogP contribution is -2.28. The first-order valence-corrected chi connectivity index (χ1v) is 11.0. The van der Waals surface area contributed by atoms with Crippen molar-refractivity contribution in [1.82, 2.24) is 9.55 Å². The Kier molecular flexibility index (Phi) is 5.83. The number of carbonyl (C=O) groups is 1. The summed E-state index contributed by atoms with van der Waals surface area (Å²) in [5.41, 5.74) is 2.84. The predicted molar refractivity (Wildman–Crippen MR) is 123 cm³/mol. The van der Waals surface area contributed by atoms with Crippen molar-refractivity contribution >= 4 is 27.3 Å². The van der Waals surface area contributed by atoms with E-state index in [1.165, 1.54) is 22.0 Å². The Hall–Kier alpha value is -3.12. The molecule has 0 aliphatic heterocycles.